The van der Waals surface area contributed by atoms with Gasteiger partial charge in [-0.25, -0.2) is 0 Å². The van der Waals surface area contributed by atoms with Gasteiger partial charge in [-0.15, -0.1) is 11.3 Å². The number of nitrogens with one attached hydrogen (secondary N) is 1. The zero-order valence-electron chi connectivity index (χ0n) is 9.18. The highest BCUT2D eigenvalue weighted by atomic mass is 32.1. The molecule has 0 unspecified atom stereocenters. The molecule has 1 rings (SSSR count). The highest BCUT2D eigenvalue weighted by Gasteiger charge is 2.24. The molecule has 0 radical (unpaired) electrons. The van der Waals surface area contributed by atoms with Crippen LogP contribution in [-0.4, -0.2) is 20.5 Å². The van der Waals surface area contributed by atoms with Gasteiger partial charge < -0.3 is 5.32 Å². The molecule has 0 bridgehead atoms. The Morgan fingerprint density at radius 3 is 2.64 bits per heavy atom. The maximum Gasteiger partial charge on any atom is 0.261 e. The van der Waals surface area contributed by atoms with Gasteiger partial charge in [0.05, 0.1) is 13.0 Å². The van der Waals surface area contributed by atoms with Crippen LogP contribution in [0, 0.1) is 0 Å². The first-order valence-corrected chi connectivity index (χ1v) is 9.21. The van der Waals surface area contributed by atoms with E-state index in [9.17, 15) is 4.79 Å². The van der Waals surface area contributed by atoms with Crippen molar-refractivity contribution in [2.75, 3.05) is 6.54 Å². The third-order valence-corrected chi connectivity index (χ3v) is 5.14. The molecule has 4 heteroatoms. The zero-order valence-corrected chi connectivity index (χ0v) is 11.0. The lowest BCUT2D eigenvalue weighted by Crippen LogP contribution is -2.41. The first-order valence-electron chi connectivity index (χ1n) is 4.83. The van der Waals surface area contributed by atoms with Crippen LogP contribution in [0.3, 0.4) is 0 Å². The van der Waals surface area contributed by atoms with E-state index in [1.165, 1.54) is 5.19 Å². The summed E-state index contributed by atoms with van der Waals surface area (Å²) < 4.78 is 0. The van der Waals surface area contributed by atoms with Crippen LogP contribution in [0.25, 0.3) is 0 Å². The standard InChI is InChI=1S/C10H17NOSSi/c1-5-11-10(12)9-8(6-7-13-9)14(2,3)4/h6-7H,5H2,1-4H3,(H,11,12). The van der Waals surface area contributed by atoms with Crippen molar-refractivity contribution in [2.45, 2.75) is 26.6 Å². The zero-order chi connectivity index (χ0) is 10.8. The minimum atomic E-state index is -1.37. The number of hydrogen-bond donors (Lipinski definition) is 1. The van der Waals surface area contributed by atoms with E-state index in [2.05, 4.69) is 31.0 Å². The Hall–Kier alpha value is -0.613. The lowest BCUT2D eigenvalue weighted by molar-refractivity contribution is 0.0961. The molecule has 0 spiro atoms. The van der Waals surface area contributed by atoms with E-state index in [0.29, 0.717) is 6.54 Å². The van der Waals surface area contributed by atoms with Crippen LogP contribution in [0.4, 0.5) is 0 Å². The predicted molar refractivity (Wildman–Crippen MR) is 65.3 cm³/mol. The molecule has 0 aliphatic rings. The molecule has 1 aromatic heterocycles. The molecular formula is C10H17NOSSi. The summed E-state index contributed by atoms with van der Waals surface area (Å²) >= 11 is 1.55. The van der Waals surface area contributed by atoms with Gasteiger partial charge in [-0.3, -0.25) is 4.79 Å². The Morgan fingerprint density at radius 1 is 1.50 bits per heavy atom. The summed E-state index contributed by atoms with van der Waals surface area (Å²) in [6, 6.07) is 2.10. The summed E-state index contributed by atoms with van der Waals surface area (Å²) in [5, 5.41) is 6.14. The smallest absolute Gasteiger partial charge is 0.261 e. The fourth-order valence-corrected chi connectivity index (χ4v) is 4.63. The van der Waals surface area contributed by atoms with E-state index in [1.54, 1.807) is 11.3 Å². The molecule has 1 N–H and O–H groups in total. The van der Waals surface area contributed by atoms with Crippen molar-refractivity contribution in [3.05, 3.63) is 16.3 Å². The highest BCUT2D eigenvalue weighted by molar-refractivity contribution is 7.14. The summed E-state index contributed by atoms with van der Waals surface area (Å²) in [6.07, 6.45) is 0. The van der Waals surface area contributed by atoms with Crippen molar-refractivity contribution in [1.29, 1.82) is 0 Å². The molecule has 0 aliphatic carbocycles. The Labute approximate surface area is 90.4 Å². The second-order valence-electron chi connectivity index (χ2n) is 4.27. The first kappa shape index (κ1) is 11.5. The predicted octanol–water partition coefficient (Wildman–Crippen LogP) is 2.04. The maximum atomic E-state index is 11.7. The fraction of sp³-hybridized carbons (Fsp3) is 0.500. The van der Waals surface area contributed by atoms with E-state index >= 15 is 0 Å². The SMILES string of the molecule is CCNC(=O)c1sccc1[Si](C)(C)C. The third-order valence-electron chi connectivity index (χ3n) is 2.02. The maximum absolute atomic E-state index is 11.7. The van der Waals surface area contributed by atoms with Crippen molar-refractivity contribution in [2.24, 2.45) is 0 Å². The number of hydrogen-bond acceptors (Lipinski definition) is 2. The van der Waals surface area contributed by atoms with E-state index in [1.807, 2.05) is 12.3 Å². The normalized spacial score (nSPS) is 11.4. The summed E-state index contributed by atoms with van der Waals surface area (Å²) in [5.74, 6) is 0.0833. The summed E-state index contributed by atoms with van der Waals surface area (Å²) in [5.41, 5.74) is 0. The minimum Gasteiger partial charge on any atom is -0.352 e. The average Bonchev–Trinajstić information content (AvgIpc) is 2.50. The molecule has 0 saturated heterocycles. The third kappa shape index (κ3) is 2.45. The van der Waals surface area contributed by atoms with Gasteiger partial charge in [0.2, 0.25) is 0 Å². The van der Waals surface area contributed by atoms with Gasteiger partial charge in [0, 0.05) is 6.54 Å². The molecule has 14 heavy (non-hydrogen) atoms. The number of rotatable bonds is 3. The Balaban J connectivity index is 2.99. The number of carbonyl (C=O) groups excluding carboxylic acids is 1. The van der Waals surface area contributed by atoms with Gasteiger partial charge in [-0.2, -0.15) is 0 Å². The summed E-state index contributed by atoms with van der Waals surface area (Å²) in [6.45, 7) is 9.43. The van der Waals surface area contributed by atoms with Gasteiger partial charge in [0.15, 0.2) is 0 Å². The Kier molecular flexibility index (Phi) is 3.50. The van der Waals surface area contributed by atoms with Crippen LogP contribution in [0.2, 0.25) is 19.6 Å². The van der Waals surface area contributed by atoms with Crippen LogP contribution in [0.15, 0.2) is 11.4 Å². The molecule has 0 aromatic carbocycles. The van der Waals surface area contributed by atoms with E-state index in [-0.39, 0.29) is 5.91 Å². The van der Waals surface area contributed by atoms with E-state index in [4.69, 9.17) is 0 Å². The van der Waals surface area contributed by atoms with Gasteiger partial charge in [0.1, 0.15) is 0 Å². The van der Waals surface area contributed by atoms with E-state index in [0.717, 1.165) is 4.88 Å². The quantitative estimate of drug-likeness (QED) is 0.787. The van der Waals surface area contributed by atoms with E-state index < -0.39 is 8.07 Å². The lowest BCUT2D eigenvalue weighted by Gasteiger charge is -2.16. The average molecular weight is 227 g/mol. The van der Waals surface area contributed by atoms with Gasteiger partial charge in [-0.05, 0) is 17.5 Å². The van der Waals surface area contributed by atoms with Gasteiger partial charge in [0.25, 0.3) is 5.91 Å². The van der Waals surface area contributed by atoms with Crippen molar-refractivity contribution in [3.63, 3.8) is 0 Å². The topological polar surface area (TPSA) is 29.1 Å². The lowest BCUT2D eigenvalue weighted by atomic mass is 10.4. The van der Waals surface area contributed by atoms with Crippen LogP contribution >= 0.6 is 11.3 Å². The number of amides is 1. The van der Waals surface area contributed by atoms with Gasteiger partial charge >= 0.3 is 0 Å². The second kappa shape index (κ2) is 4.27. The Bertz CT molecular complexity index is 327. The molecule has 1 heterocycles. The van der Waals surface area contributed by atoms with Crippen LogP contribution in [-0.2, 0) is 0 Å². The van der Waals surface area contributed by atoms with Crippen molar-refractivity contribution < 1.29 is 4.79 Å². The van der Waals surface area contributed by atoms with Gasteiger partial charge in [-0.1, -0.05) is 25.7 Å². The first-order chi connectivity index (χ1) is 6.46. The summed E-state index contributed by atoms with van der Waals surface area (Å²) in [4.78, 5) is 12.6. The molecule has 0 fully saturated rings. The van der Waals surface area contributed by atoms with Crippen molar-refractivity contribution in [1.82, 2.24) is 5.32 Å². The molecule has 0 saturated carbocycles. The molecule has 1 aromatic rings. The van der Waals surface area contributed by atoms with Crippen molar-refractivity contribution >= 4 is 30.5 Å². The number of carbonyl (C=O) groups is 1. The van der Waals surface area contributed by atoms with Crippen LogP contribution < -0.4 is 10.5 Å². The Morgan fingerprint density at radius 2 is 2.14 bits per heavy atom. The number of thiophene rings is 1. The largest absolute Gasteiger partial charge is 0.352 e. The van der Waals surface area contributed by atoms with Crippen LogP contribution in [0.5, 0.6) is 0 Å². The van der Waals surface area contributed by atoms with Crippen molar-refractivity contribution in [3.8, 4) is 0 Å². The summed E-state index contributed by atoms with van der Waals surface area (Å²) in [7, 11) is -1.37. The second-order valence-corrected chi connectivity index (χ2v) is 10.2. The molecule has 0 atom stereocenters. The van der Waals surface area contributed by atoms with Crippen LogP contribution in [0.1, 0.15) is 16.6 Å². The fourth-order valence-electron chi connectivity index (χ4n) is 1.32. The monoisotopic (exact) mass is 227 g/mol. The molecule has 0 aliphatic heterocycles. The molecule has 1 amide bonds. The molecule has 2 nitrogen and oxygen atoms in total. The molecular weight excluding hydrogens is 210 g/mol. The molecule has 78 valence electrons. The highest BCUT2D eigenvalue weighted by Crippen LogP contribution is 2.13. The minimum absolute atomic E-state index is 0.0833.